The fraction of sp³-hybridized carbons (Fsp3) is 0.500. The maximum Gasteiger partial charge on any atom is 0.186 e. The topological polar surface area (TPSA) is 33.0 Å². The van der Waals surface area contributed by atoms with E-state index in [1.165, 1.54) is 0 Å². The fourth-order valence-corrected chi connectivity index (χ4v) is 3.29. The molecule has 0 aliphatic carbocycles. The van der Waals surface area contributed by atoms with Crippen LogP contribution in [0.1, 0.15) is 25.3 Å². The van der Waals surface area contributed by atoms with E-state index in [4.69, 9.17) is 4.43 Å². The van der Waals surface area contributed by atoms with Crippen molar-refractivity contribution in [1.82, 2.24) is 0 Å². The van der Waals surface area contributed by atoms with E-state index in [1.54, 1.807) is 0 Å². The van der Waals surface area contributed by atoms with E-state index < -0.39 is 13.9 Å². The molecule has 2 nitrogen and oxygen atoms in total. The Bertz CT molecular complexity index is 391. The molecule has 3 heteroatoms. The van der Waals surface area contributed by atoms with Gasteiger partial charge in [-0.3, -0.25) is 0 Å². The lowest BCUT2D eigenvalue weighted by molar-refractivity contribution is 0.108. The van der Waals surface area contributed by atoms with Gasteiger partial charge in [0.25, 0.3) is 0 Å². The smallest absolute Gasteiger partial charge is 0.186 e. The zero-order valence-electron chi connectivity index (χ0n) is 11.2. The van der Waals surface area contributed by atoms with Crippen molar-refractivity contribution in [1.29, 1.82) is 5.26 Å². The number of nitriles is 1. The number of hydrogen-bond acceptors (Lipinski definition) is 2. The Morgan fingerprint density at radius 1 is 1.24 bits per heavy atom. The summed E-state index contributed by atoms with van der Waals surface area (Å²) in [4.78, 5) is 0. The van der Waals surface area contributed by atoms with E-state index in [0.29, 0.717) is 0 Å². The highest BCUT2D eigenvalue weighted by Gasteiger charge is 2.37. The summed E-state index contributed by atoms with van der Waals surface area (Å²) in [6.45, 7) is 8.45. The van der Waals surface area contributed by atoms with Gasteiger partial charge in [-0.1, -0.05) is 43.7 Å². The minimum Gasteiger partial charge on any atom is -0.396 e. The lowest BCUT2D eigenvalue weighted by Crippen LogP contribution is -2.39. The third kappa shape index (κ3) is 3.69. The summed E-state index contributed by atoms with van der Waals surface area (Å²) in [6, 6.07) is 12.3. The van der Waals surface area contributed by atoms with Crippen LogP contribution in [-0.2, 0) is 10.0 Å². The lowest BCUT2D eigenvalue weighted by atomic mass is 9.91. The van der Waals surface area contributed by atoms with E-state index >= 15 is 0 Å². The van der Waals surface area contributed by atoms with Crippen molar-refractivity contribution in [3.8, 4) is 6.07 Å². The quantitative estimate of drug-likeness (QED) is 0.735. The van der Waals surface area contributed by atoms with Gasteiger partial charge < -0.3 is 4.43 Å². The van der Waals surface area contributed by atoms with Crippen molar-refractivity contribution in [2.75, 3.05) is 0 Å². The van der Waals surface area contributed by atoms with Gasteiger partial charge in [-0.2, -0.15) is 5.26 Å². The molecule has 0 amide bonds. The summed E-state index contributed by atoms with van der Waals surface area (Å²) in [5.41, 5.74) is 0.215. The predicted molar refractivity (Wildman–Crippen MR) is 73.1 cm³/mol. The maximum atomic E-state index is 9.57. The maximum absolute atomic E-state index is 9.57. The van der Waals surface area contributed by atoms with Crippen LogP contribution in [0.25, 0.3) is 0 Å². The number of nitrogens with zero attached hydrogens (tertiary/aromatic N) is 1. The molecule has 0 saturated carbocycles. The average molecular weight is 247 g/mol. The molecule has 0 fully saturated rings. The number of hydrogen-bond donors (Lipinski definition) is 0. The van der Waals surface area contributed by atoms with Crippen LogP contribution < -0.4 is 0 Å². The van der Waals surface area contributed by atoms with Crippen molar-refractivity contribution >= 4 is 8.32 Å². The van der Waals surface area contributed by atoms with E-state index in [1.807, 2.05) is 30.3 Å². The molecular weight excluding hydrogens is 226 g/mol. The summed E-state index contributed by atoms with van der Waals surface area (Å²) in [7, 11) is -1.76. The first-order valence-corrected chi connectivity index (χ1v) is 9.51. The van der Waals surface area contributed by atoms with Gasteiger partial charge in [0.15, 0.2) is 13.9 Å². The van der Waals surface area contributed by atoms with Gasteiger partial charge in [-0.25, -0.2) is 0 Å². The summed E-state index contributed by atoms with van der Waals surface area (Å²) in [5.74, 6) is 0. The SMILES string of the molecule is CCCC(C#N)(O[Si](C)(C)C)c1ccccc1. The van der Waals surface area contributed by atoms with Gasteiger partial charge in [0.2, 0.25) is 0 Å². The van der Waals surface area contributed by atoms with Crippen LogP contribution in [-0.4, -0.2) is 8.32 Å². The molecule has 0 saturated heterocycles. The van der Waals surface area contributed by atoms with E-state index in [9.17, 15) is 5.26 Å². The standard InChI is InChI=1S/C14H21NOSi/c1-5-11-14(12-15,16-17(2,3)4)13-9-7-6-8-10-13/h6-10H,5,11H2,1-4H3. The molecule has 1 unspecified atom stereocenters. The van der Waals surface area contributed by atoms with Crippen molar-refractivity contribution in [2.24, 2.45) is 0 Å². The van der Waals surface area contributed by atoms with Crippen molar-refractivity contribution < 1.29 is 4.43 Å². The molecule has 0 spiro atoms. The zero-order valence-corrected chi connectivity index (χ0v) is 12.2. The molecule has 0 aliphatic rings. The molecule has 1 aromatic carbocycles. The first-order valence-electron chi connectivity index (χ1n) is 6.10. The summed E-state index contributed by atoms with van der Waals surface area (Å²) in [6.07, 6.45) is 1.69. The largest absolute Gasteiger partial charge is 0.396 e. The lowest BCUT2D eigenvalue weighted by Gasteiger charge is -2.34. The van der Waals surface area contributed by atoms with Crippen LogP contribution in [0.3, 0.4) is 0 Å². The summed E-state index contributed by atoms with van der Waals surface area (Å²) < 4.78 is 6.18. The Morgan fingerprint density at radius 2 is 1.82 bits per heavy atom. The fourth-order valence-electron chi connectivity index (χ4n) is 1.98. The van der Waals surface area contributed by atoms with Crippen LogP contribution in [0.4, 0.5) is 0 Å². The van der Waals surface area contributed by atoms with Crippen LogP contribution in [0, 0.1) is 11.3 Å². The molecular formula is C14H21NOSi. The van der Waals surface area contributed by atoms with Gasteiger partial charge in [0.1, 0.15) is 6.07 Å². The Kier molecular flexibility index (Phi) is 4.50. The Morgan fingerprint density at radius 3 is 2.24 bits per heavy atom. The summed E-state index contributed by atoms with van der Waals surface area (Å²) >= 11 is 0. The van der Waals surface area contributed by atoms with Gasteiger partial charge in [-0.15, -0.1) is 0 Å². The van der Waals surface area contributed by atoms with E-state index in [2.05, 4.69) is 32.6 Å². The minimum absolute atomic E-state index is 0.748. The van der Waals surface area contributed by atoms with Crippen LogP contribution in [0.15, 0.2) is 30.3 Å². The van der Waals surface area contributed by atoms with Crippen molar-refractivity contribution in [3.63, 3.8) is 0 Å². The molecule has 92 valence electrons. The average Bonchev–Trinajstić information content (AvgIpc) is 2.28. The second kappa shape index (κ2) is 5.48. The van der Waals surface area contributed by atoms with Crippen LogP contribution in [0.2, 0.25) is 19.6 Å². The molecule has 0 N–H and O–H groups in total. The monoisotopic (exact) mass is 247 g/mol. The van der Waals surface area contributed by atoms with Gasteiger partial charge >= 0.3 is 0 Å². The molecule has 0 bridgehead atoms. The van der Waals surface area contributed by atoms with Crippen molar-refractivity contribution in [2.45, 2.75) is 45.0 Å². The molecule has 17 heavy (non-hydrogen) atoms. The normalized spacial score (nSPS) is 15.0. The highest BCUT2D eigenvalue weighted by molar-refractivity contribution is 6.69. The molecule has 0 radical (unpaired) electrons. The predicted octanol–water partition coefficient (Wildman–Crippen LogP) is 4.06. The first-order chi connectivity index (χ1) is 7.93. The molecule has 0 aliphatic heterocycles. The third-order valence-electron chi connectivity index (χ3n) is 2.50. The minimum atomic E-state index is -1.76. The van der Waals surface area contributed by atoms with Gasteiger partial charge in [0.05, 0.1) is 0 Å². The second-order valence-corrected chi connectivity index (χ2v) is 9.70. The zero-order chi connectivity index (χ0) is 12.9. The first kappa shape index (κ1) is 13.9. The summed E-state index contributed by atoms with van der Waals surface area (Å²) in [5, 5.41) is 9.57. The highest BCUT2D eigenvalue weighted by Crippen LogP contribution is 2.33. The Balaban J connectivity index is 3.15. The number of benzene rings is 1. The van der Waals surface area contributed by atoms with Gasteiger partial charge in [0, 0.05) is 0 Å². The molecule has 1 aromatic rings. The third-order valence-corrected chi connectivity index (χ3v) is 3.46. The van der Waals surface area contributed by atoms with Crippen LogP contribution in [0.5, 0.6) is 0 Å². The Hall–Kier alpha value is -1.11. The van der Waals surface area contributed by atoms with Crippen LogP contribution >= 0.6 is 0 Å². The van der Waals surface area contributed by atoms with Crippen molar-refractivity contribution in [3.05, 3.63) is 35.9 Å². The Labute approximate surface area is 105 Å². The highest BCUT2D eigenvalue weighted by atomic mass is 28.4. The second-order valence-electron chi connectivity index (χ2n) is 5.27. The van der Waals surface area contributed by atoms with E-state index in [0.717, 1.165) is 18.4 Å². The molecule has 1 rings (SSSR count). The number of rotatable bonds is 5. The molecule has 0 heterocycles. The van der Waals surface area contributed by atoms with Gasteiger partial charge in [-0.05, 0) is 31.6 Å². The molecule has 0 aromatic heterocycles. The van der Waals surface area contributed by atoms with E-state index in [-0.39, 0.29) is 0 Å². The molecule has 1 atom stereocenters.